The van der Waals surface area contributed by atoms with Crippen LogP contribution in [-0.4, -0.2) is 15.2 Å². The van der Waals surface area contributed by atoms with Gasteiger partial charge in [-0.1, -0.05) is 0 Å². The van der Waals surface area contributed by atoms with Crippen molar-refractivity contribution in [2.45, 2.75) is 6.92 Å². The van der Waals surface area contributed by atoms with Crippen LogP contribution in [0.15, 0.2) is 35.0 Å². The van der Waals surface area contributed by atoms with Gasteiger partial charge in [0.15, 0.2) is 5.82 Å². The van der Waals surface area contributed by atoms with E-state index in [2.05, 4.69) is 15.2 Å². The number of nitrogens with one attached hydrogen (secondary N) is 1. The van der Waals surface area contributed by atoms with E-state index in [0.29, 0.717) is 0 Å². The summed E-state index contributed by atoms with van der Waals surface area (Å²) in [6.07, 6.45) is 1.50. The lowest BCUT2D eigenvalue weighted by Gasteiger charge is -1.94. The van der Waals surface area contributed by atoms with Crippen LogP contribution in [0.1, 0.15) is 5.76 Å². The summed E-state index contributed by atoms with van der Waals surface area (Å²) >= 11 is 0. The summed E-state index contributed by atoms with van der Waals surface area (Å²) in [7, 11) is 0. The lowest BCUT2D eigenvalue weighted by Crippen LogP contribution is -1.79. The highest BCUT2D eigenvalue weighted by Gasteiger charge is 2.04. The van der Waals surface area contributed by atoms with Crippen LogP contribution in [0.5, 0.6) is 0 Å². The number of aryl methyl sites for hydroxylation is 1. The van der Waals surface area contributed by atoms with Gasteiger partial charge in [0.25, 0.3) is 0 Å². The van der Waals surface area contributed by atoms with Crippen LogP contribution in [0.4, 0.5) is 0 Å². The highest BCUT2D eigenvalue weighted by atomic mass is 16.3. The quantitative estimate of drug-likeness (QED) is 0.655. The fourth-order valence-corrected chi connectivity index (χ4v) is 1.67. The molecule has 0 fully saturated rings. The summed E-state index contributed by atoms with van der Waals surface area (Å²) in [6, 6.07) is 7.95. The van der Waals surface area contributed by atoms with Gasteiger partial charge in [0.05, 0.1) is 0 Å². The molecule has 1 N–H and O–H groups in total. The number of aromatic amines is 1. The van der Waals surface area contributed by atoms with Crippen molar-refractivity contribution in [2.24, 2.45) is 0 Å². The molecule has 2 heterocycles. The third kappa shape index (κ3) is 1.30. The van der Waals surface area contributed by atoms with Crippen LogP contribution in [-0.2, 0) is 0 Å². The molecule has 0 aliphatic carbocycles. The van der Waals surface area contributed by atoms with Gasteiger partial charge in [-0.2, -0.15) is 5.10 Å². The van der Waals surface area contributed by atoms with Gasteiger partial charge in [-0.25, -0.2) is 4.98 Å². The molecule has 0 saturated carbocycles. The average molecular weight is 199 g/mol. The highest BCUT2D eigenvalue weighted by Crippen LogP contribution is 2.24. The molecule has 0 aliphatic heterocycles. The third-order valence-electron chi connectivity index (χ3n) is 2.33. The van der Waals surface area contributed by atoms with E-state index in [-0.39, 0.29) is 0 Å². The Morgan fingerprint density at radius 3 is 3.00 bits per heavy atom. The van der Waals surface area contributed by atoms with Crippen molar-refractivity contribution in [2.75, 3.05) is 0 Å². The Balaban J connectivity index is 2.21. The normalized spacial score (nSPS) is 11.0. The maximum Gasteiger partial charge on any atom is 0.155 e. The van der Waals surface area contributed by atoms with Crippen LogP contribution < -0.4 is 0 Å². The molecule has 15 heavy (non-hydrogen) atoms. The number of nitrogens with zero attached hydrogens (tertiary/aromatic N) is 2. The molecule has 74 valence electrons. The zero-order valence-corrected chi connectivity index (χ0v) is 8.19. The first-order valence-corrected chi connectivity index (χ1v) is 4.69. The zero-order chi connectivity index (χ0) is 10.3. The molecule has 3 aromatic rings. The topological polar surface area (TPSA) is 54.7 Å². The van der Waals surface area contributed by atoms with Gasteiger partial charge in [-0.15, -0.1) is 0 Å². The highest BCUT2D eigenvalue weighted by molar-refractivity contribution is 5.82. The SMILES string of the molecule is Cc1cc2cc(-c3ncn[nH]3)ccc2o1. The maximum absolute atomic E-state index is 5.49. The lowest BCUT2D eigenvalue weighted by molar-refractivity contribution is 0.578. The number of rotatable bonds is 1. The molecule has 3 rings (SSSR count). The number of furan rings is 1. The van der Waals surface area contributed by atoms with Crippen molar-refractivity contribution in [1.29, 1.82) is 0 Å². The van der Waals surface area contributed by atoms with E-state index in [1.165, 1.54) is 6.33 Å². The van der Waals surface area contributed by atoms with Crippen LogP contribution in [0, 0.1) is 6.92 Å². The van der Waals surface area contributed by atoms with Crippen molar-refractivity contribution in [3.8, 4) is 11.4 Å². The minimum atomic E-state index is 0.774. The van der Waals surface area contributed by atoms with E-state index >= 15 is 0 Å². The standard InChI is InChI=1S/C11H9N3O/c1-7-4-9-5-8(2-3-10(9)15-7)11-12-6-13-14-11/h2-6H,1H3,(H,12,13,14). The number of fused-ring (bicyclic) bond motifs is 1. The number of benzene rings is 1. The molecule has 0 spiro atoms. The van der Waals surface area contributed by atoms with Gasteiger partial charge < -0.3 is 4.42 Å². The molecule has 2 aromatic heterocycles. The monoisotopic (exact) mass is 199 g/mol. The smallest absolute Gasteiger partial charge is 0.155 e. The summed E-state index contributed by atoms with van der Waals surface area (Å²) in [4.78, 5) is 4.10. The van der Waals surface area contributed by atoms with Crippen LogP contribution >= 0.6 is 0 Å². The number of H-pyrrole nitrogens is 1. The summed E-state index contributed by atoms with van der Waals surface area (Å²) in [6.45, 7) is 1.94. The Hall–Kier alpha value is -2.10. The van der Waals surface area contributed by atoms with E-state index in [0.717, 1.165) is 28.1 Å². The van der Waals surface area contributed by atoms with Crippen molar-refractivity contribution >= 4 is 11.0 Å². The predicted molar refractivity (Wildman–Crippen MR) is 56.3 cm³/mol. The number of aromatic nitrogens is 3. The minimum absolute atomic E-state index is 0.774. The lowest BCUT2D eigenvalue weighted by atomic mass is 10.1. The van der Waals surface area contributed by atoms with Gasteiger partial charge in [0.1, 0.15) is 17.7 Å². The molecule has 4 nitrogen and oxygen atoms in total. The summed E-state index contributed by atoms with van der Waals surface area (Å²) < 4.78 is 5.49. The molecule has 0 saturated heterocycles. The van der Waals surface area contributed by atoms with Crippen LogP contribution in [0.25, 0.3) is 22.4 Å². The summed E-state index contributed by atoms with van der Waals surface area (Å²) in [5.41, 5.74) is 1.91. The van der Waals surface area contributed by atoms with Gasteiger partial charge in [-0.05, 0) is 31.2 Å². The van der Waals surface area contributed by atoms with Crippen molar-refractivity contribution in [3.63, 3.8) is 0 Å². The predicted octanol–water partition coefficient (Wildman–Crippen LogP) is 2.53. The first-order chi connectivity index (χ1) is 7.33. The Bertz CT molecular complexity index is 595. The molecule has 0 amide bonds. The molecular formula is C11H9N3O. The molecular weight excluding hydrogens is 190 g/mol. The summed E-state index contributed by atoms with van der Waals surface area (Å²) in [5, 5.41) is 7.74. The fraction of sp³-hybridized carbons (Fsp3) is 0.0909. The summed E-state index contributed by atoms with van der Waals surface area (Å²) in [5.74, 6) is 1.69. The molecule has 0 atom stereocenters. The van der Waals surface area contributed by atoms with Crippen molar-refractivity contribution in [1.82, 2.24) is 15.2 Å². The van der Waals surface area contributed by atoms with E-state index in [4.69, 9.17) is 4.42 Å². The Morgan fingerprint density at radius 2 is 2.20 bits per heavy atom. The van der Waals surface area contributed by atoms with Gasteiger partial charge in [0, 0.05) is 10.9 Å². The Labute approximate surface area is 85.9 Å². The van der Waals surface area contributed by atoms with Crippen molar-refractivity contribution < 1.29 is 4.42 Å². The zero-order valence-electron chi connectivity index (χ0n) is 8.19. The van der Waals surface area contributed by atoms with Gasteiger partial charge >= 0.3 is 0 Å². The van der Waals surface area contributed by atoms with Crippen LogP contribution in [0.2, 0.25) is 0 Å². The van der Waals surface area contributed by atoms with E-state index < -0.39 is 0 Å². The second-order valence-electron chi connectivity index (χ2n) is 3.44. The number of hydrogen-bond acceptors (Lipinski definition) is 3. The average Bonchev–Trinajstić information content (AvgIpc) is 2.82. The van der Waals surface area contributed by atoms with Crippen LogP contribution in [0.3, 0.4) is 0 Å². The second kappa shape index (κ2) is 2.95. The molecule has 0 aliphatic rings. The molecule has 4 heteroatoms. The second-order valence-corrected chi connectivity index (χ2v) is 3.44. The first-order valence-electron chi connectivity index (χ1n) is 4.69. The third-order valence-corrected chi connectivity index (χ3v) is 2.33. The molecule has 1 aromatic carbocycles. The van der Waals surface area contributed by atoms with E-state index in [1.807, 2.05) is 31.2 Å². The van der Waals surface area contributed by atoms with Crippen molar-refractivity contribution in [3.05, 3.63) is 36.4 Å². The molecule has 0 bridgehead atoms. The van der Waals surface area contributed by atoms with E-state index in [1.54, 1.807) is 0 Å². The van der Waals surface area contributed by atoms with Gasteiger partial charge in [-0.3, -0.25) is 5.10 Å². The molecule has 0 radical (unpaired) electrons. The van der Waals surface area contributed by atoms with Gasteiger partial charge in [0.2, 0.25) is 0 Å². The Morgan fingerprint density at radius 1 is 1.27 bits per heavy atom. The van der Waals surface area contributed by atoms with E-state index in [9.17, 15) is 0 Å². The number of hydrogen-bond donors (Lipinski definition) is 1. The fourth-order valence-electron chi connectivity index (χ4n) is 1.67. The molecule has 0 unspecified atom stereocenters. The maximum atomic E-state index is 5.49. The minimum Gasteiger partial charge on any atom is -0.461 e. The first kappa shape index (κ1) is 8.23. The Kier molecular flexibility index (Phi) is 1.62. The largest absolute Gasteiger partial charge is 0.461 e.